The second kappa shape index (κ2) is 8.88. The zero-order valence-electron chi connectivity index (χ0n) is 17.7. The van der Waals surface area contributed by atoms with Crippen molar-refractivity contribution in [2.45, 2.75) is 13.8 Å². The van der Waals surface area contributed by atoms with Gasteiger partial charge in [0.05, 0.1) is 15.6 Å². The molecule has 0 spiro atoms. The highest BCUT2D eigenvalue weighted by Gasteiger charge is 2.37. The Labute approximate surface area is 206 Å². The number of anilines is 1. The number of rotatable bonds is 4. The lowest BCUT2D eigenvalue weighted by Gasteiger charge is -2.26. The van der Waals surface area contributed by atoms with Crippen LogP contribution < -0.4 is 10.2 Å². The van der Waals surface area contributed by atoms with E-state index in [4.69, 9.17) is 16.0 Å². The van der Waals surface area contributed by atoms with Gasteiger partial charge < -0.3 is 4.42 Å². The van der Waals surface area contributed by atoms with E-state index in [1.165, 1.54) is 30.3 Å². The molecule has 0 bridgehead atoms. The Morgan fingerprint density at radius 2 is 1.82 bits per heavy atom. The summed E-state index contributed by atoms with van der Waals surface area (Å²) in [6, 6.07) is 9.98. The quantitative estimate of drug-likeness (QED) is 0.199. The van der Waals surface area contributed by atoms with Crippen LogP contribution in [0.3, 0.4) is 0 Å². The Hall–Kier alpha value is -3.76. The molecule has 0 aliphatic carbocycles. The number of carbonyl (C=O) groups is 3. The van der Waals surface area contributed by atoms with Gasteiger partial charge in [0.25, 0.3) is 17.5 Å². The molecule has 2 aromatic carbocycles. The minimum atomic E-state index is -0.865. The van der Waals surface area contributed by atoms with Gasteiger partial charge in [0, 0.05) is 11.6 Å². The van der Waals surface area contributed by atoms with E-state index in [-0.39, 0.29) is 32.3 Å². The van der Waals surface area contributed by atoms with Crippen molar-refractivity contribution in [3.63, 3.8) is 0 Å². The first kappa shape index (κ1) is 23.4. The van der Waals surface area contributed by atoms with E-state index in [1.807, 2.05) is 13.8 Å². The van der Waals surface area contributed by atoms with E-state index < -0.39 is 22.8 Å². The number of aryl methyl sites for hydroxylation is 2. The lowest BCUT2D eigenvalue weighted by Crippen LogP contribution is -2.54. The van der Waals surface area contributed by atoms with Gasteiger partial charge in [-0.2, -0.15) is 0 Å². The number of nitro groups is 1. The highest BCUT2D eigenvalue weighted by molar-refractivity contribution is 9.10. The fraction of sp³-hybridized carbons (Fsp3) is 0.0870. The van der Waals surface area contributed by atoms with Crippen molar-refractivity contribution < 1.29 is 23.7 Å². The van der Waals surface area contributed by atoms with E-state index in [2.05, 4.69) is 21.2 Å². The number of nitrogens with zero attached hydrogens (tertiary/aromatic N) is 2. The molecule has 4 amide bonds. The molecule has 172 valence electrons. The van der Waals surface area contributed by atoms with E-state index >= 15 is 0 Å². The number of urea groups is 1. The van der Waals surface area contributed by atoms with E-state index in [9.17, 15) is 24.5 Å². The third-order valence-electron chi connectivity index (χ3n) is 5.25. The van der Waals surface area contributed by atoms with Gasteiger partial charge in [-0.15, -0.1) is 0 Å². The van der Waals surface area contributed by atoms with E-state index in [1.54, 1.807) is 18.2 Å². The van der Waals surface area contributed by atoms with Crippen molar-refractivity contribution in [1.82, 2.24) is 5.32 Å². The normalized spacial score (nSPS) is 15.1. The summed E-state index contributed by atoms with van der Waals surface area (Å²) in [6.07, 6.45) is 1.20. The van der Waals surface area contributed by atoms with Crippen LogP contribution in [0.15, 0.2) is 56.9 Å². The lowest BCUT2D eigenvalue weighted by atomic mass is 10.1. The first-order valence-electron chi connectivity index (χ1n) is 9.79. The van der Waals surface area contributed by atoms with Crippen LogP contribution >= 0.6 is 27.5 Å². The molecule has 0 saturated carbocycles. The maximum atomic E-state index is 13.1. The van der Waals surface area contributed by atoms with E-state index in [0.717, 1.165) is 16.0 Å². The molecule has 1 N–H and O–H groups in total. The van der Waals surface area contributed by atoms with Crippen molar-refractivity contribution in [2.24, 2.45) is 0 Å². The molecule has 0 radical (unpaired) electrons. The molecule has 3 aromatic rings. The van der Waals surface area contributed by atoms with Gasteiger partial charge >= 0.3 is 6.03 Å². The summed E-state index contributed by atoms with van der Waals surface area (Å²) in [7, 11) is 0. The molecule has 1 saturated heterocycles. The molecular weight excluding hydrogens is 530 g/mol. The molecule has 0 atom stereocenters. The fourth-order valence-electron chi connectivity index (χ4n) is 3.33. The summed E-state index contributed by atoms with van der Waals surface area (Å²) in [4.78, 5) is 49.4. The number of hydrogen-bond acceptors (Lipinski definition) is 6. The van der Waals surface area contributed by atoms with Crippen LogP contribution in [0.4, 0.5) is 16.2 Å². The second-order valence-corrected chi connectivity index (χ2v) is 8.68. The number of carbonyl (C=O) groups excluding carboxylic acids is 3. The number of nitro benzene ring substituents is 1. The van der Waals surface area contributed by atoms with Crippen LogP contribution in [0.2, 0.25) is 5.02 Å². The van der Waals surface area contributed by atoms with Crippen LogP contribution in [-0.4, -0.2) is 22.8 Å². The maximum absolute atomic E-state index is 13.1. The van der Waals surface area contributed by atoms with Crippen molar-refractivity contribution in [3.05, 3.63) is 84.5 Å². The highest BCUT2D eigenvalue weighted by Crippen LogP contribution is 2.37. The molecule has 0 unspecified atom stereocenters. The SMILES string of the molecule is Cc1ccc(N2C(=O)NC(=O)/C(=C\c3ccc(-c4cc(Cl)c(Br)c([N+](=O)[O-])c4)o3)C2=O)cc1C. The summed E-state index contributed by atoms with van der Waals surface area (Å²) in [5.41, 5.74) is 1.95. The minimum Gasteiger partial charge on any atom is -0.457 e. The highest BCUT2D eigenvalue weighted by atomic mass is 79.9. The largest absolute Gasteiger partial charge is 0.457 e. The van der Waals surface area contributed by atoms with Crippen molar-refractivity contribution in [3.8, 4) is 11.3 Å². The monoisotopic (exact) mass is 543 g/mol. The van der Waals surface area contributed by atoms with Crippen molar-refractivity contribution in [1.29, 1.82) is 0 Å². The van der Waals surface area contributed by atoms with Gasteiger partial charge in [-0.05, 0) is 77.3 Å². The zero-order valence-corrected chi connectivity index (χ0v) is 20.1. The van der Waals surface area contributed by atoms with Crippen LogP contribution in [0.5, 0.6) is 0 Å². The second-order valence-electron chi connectivity index (χ2n) is 7.48. The Morgan fingerprint density at radius 3 is 2.50 bits per heavy atom. The number of nitrogens with one attached hydrogen (secondary N) is 1. The average molecular weight is 545 g/mol. The van der Waals surface area contributed by atoms with Crippen molar-refractivity contribution >= 4 is 62.8 Å². The number of barbiturate groups is 1. The first-order chi connectivity index (χ1) is 16.1. The Bertz CT molecular complexity index is 1430. The van der Waals surface area contributed by atoms with Gasteiger partial charge in [0.15, 0.2) is 0 Å². The molecule has 1 aromatic heterocycles. The molecule has 11 heteroatoms. The molecule has 1 fully saturated rings. The third kappa shape index (κ3) is 4.25. The Kier molecular flexibility index (Phi) is 6.11. The Balaban J connectivity index is 1.70. The van der Waals surface area contributed by atoms with Gasteiger partial charge in [-0.1, -0.05) is 17.7 Å². The summed E-state index contributed by atoms with van der Waals surface area (Å²) >= 11 is 9.16. The van der Waals surface area contributed by atoms with Crippen molar-refractivity contribution in [2.75, 3.05) is 4.90 Å². The first-order valence-corrected chi connectivity index (χ1v) is 11.0. The van der Waals surface area contributed by atoms with Crippen LogP contribution in [0, 0.1) is 24.0 Å². The molecular formula is C23H15BrClN3O6. The number of imide groups is 2. The predicted molar refractivity (Wildman–Crippen MR) is 128 cm³/mol. The van der Waals surface area contributed by atoms with Crippen LogP contribution in [-0.2, 0) is 9.59 Å². The molecule has 4 rings (SSSR count). The fourth-order valence-corrected chi connectivity index (χ4v) is 3.92. The topological polar surface area (TPSA) is 123 Å². The maximum Gasteiger partial charge on any atom is 0.335 e. The number of halogens is 2. The van der Waals surface area contributed by atoms with Gasteiger partial charge in [0.2, 0.25) is 0 Å². The third-order valence-corrected chi connectivity index (χ3v) is 6.61. The molecule has 1 aliphatic heterocycles. The smallest absolute Gasteiger partial charge is 0.335 e. The molecule has 34 heavy (non-hydrogen) atoms. The predicted octanol–water partition coefficient (Wildman–Crippen LogP) is 5.55. The lowest BCUT2D eigenvalue weighted by molar-refractivity contribution is -0.385. The zero-order chi connectivity index (χ0) is 24.7. The number of benzene rings is 2. The van der Waals surface area contributed by atoms with Gasteiger partial charge in [-0.25, -0.2) is 9.69 Å². The summed E-state index contributed by atoms with van der Waals surface area (Å²) in [5, 5.41) is 13.5. The molecule has 2 heterocycles. The van der Waals surface area contributed by atoms with Gasteiger partial charge in [0.1, 0.15) is 21.6 Å². The summed E-state index contributed by atoms with van der Waals surface area (Å²) < 4.78 is 5.83. The standard InChI is InChI=1S/C23H15BrClN3O6/c1-11-3-4-14(7-12(11)2)27-22(30)16(21(29)26-23(27)31)10-15-5-6-19(34-15)13-8-17(25)20(24)18(9-13)28(32)33/h3-10H,1-2H3,(H,26,29,31)/b16-10+. The number of hydrogen-bond donors (Lipinski definition) is 1. The number of amides is 4. The Morgan fingerprint density at radius 1 is 1.09 bits per heavy atom. The van der Waals surface area contributed by atoms with Crippen LogP contribution in [0.25, 0.3) is 17.4 Å². The summed E-state index contributed by atoms with van der Waals surface area (Å²) in [5.74, 6) is -1.31. The number of furan rings is 1. The molecule has 9 nitrogen and oxygen atoms in total. The average Bonchev–Trinajstić information content (AvgIpc) is 3.24. The minimum absolute atomic E-state index is 0.116. The molecule has 1 aliphatic rings. The van der Waals surface area contributed by atoms with Gasteiger partial charge in [-0.3, -0.25) is 25.0 Å². The van der Waals surface area contributed by atoms with Crippen LogP contribution in [0.1, 0.15) is 16.9 Å². The van der Waals surface area contributed by atoms with E-state index in [0.29, 0.717) is 11.3 Å². The summed E-state index contributed by atoms with van der Waals surface area (Å²) in [6.45, 7) is 3.74.